The smallest absolute Gasteiger partial charge is 0.419 e. The van der Waals surface area contributed by atoms with Crippen molar-refractivity contribution in [2.45, 2.75) is 20.0 Å². The number of carbonyl (C=O) groups is 2. The summed E-state index contributed by atoms with van der Waals surface area (Å²) in [4.78, 5) is 21.0. The first-order valence-corrected chi connectivity index (χ1v) is 4.59. The van der Waals surface area contributed by atoms with E-state index in [0.29, 0.717) is 6.08 Å². The molecule has 0 heterocycles. The summed E-state index contributed by atoms with van der Waals surface area (Å²) < 4.78 is 36.7. The molecule has 2 unspecified atom stereocenters. The van der Waals surface area contributed by atoms with Crippen molar-refractivity contribution in [1.82, 2.24) is 0 Å². The number of carboxylic acids is 1. The maximum atomic E-state index is 12.2. The summed E-state index contributed by atoms with van der Waals surface area (Å²) in [7, 11) is 0. The van der Waals surface area contributed by atoms with E-state index in [1.54, 1.807) is 13.8 Å². The highest BCUT2D eigenvalue weighted by atomic mass is 19.4. The summed E-state index contributed by atoms with van der Waals surface area (Å²) in [6.45, 7) is 3.12. The Bertz CT molecular complexity index is 355. The Morgan fingerprint density at radius 3 is 2.12 bits per heavy atom. The van der Waals surface area contributed by atoms with Crippen LogP contribution >= 0.6 is 0 Å². The third kappa shape index (κ3) is 2.10. The summed E-state index contributed by atoms with van der Waals surface area (Å²) in [6, 6.07) is 0. The second-order valence-electron chi connectivity index (χ2n) is 4.40. The minimum Gasteiger partial charge on any atom is -0.481 e. The van der Waals surface area contributed by atoms with Crippen LogP contribution in [0.1, 0.15) is 13.8 Å². The van der Waals surface area contributed by atoms with Gasteiger partial charge in [-0.05, 0) is 11.3 Å². The summed E-state index contributed by atoms with van der Waals surface area (Å²) >= 11 is 0. The third-order valence-corrected chi connectivity index (χ3v) is 2.99. The van der Waals surface area contributed by atoms with Crippen LogP contribution < -0.4 is 0 Å². The fourth-order valence-corrected chi connectivity index (χ4v) is 1.85. The van der Waals surface area contributed by atoms with Crippen molar-refractivity contribution in [1.29, 1.82) is 0 Å². The van der Waals surface area contributed by atoms with Crippen LogP contribution in [0, 0.1) is 17.3 Å². The van der Waals surface area contributed by atoms with Crippen LogP contribution in [0.2, 0.25) is 0 Å². The Balaban J connectivity index is 2.94. The van der Waals surface area contributed by atoms with Gasteiger partial charge in [-0.2, -0.15) is 13.2 Å². The van der Waals surface area contributed by atoms with Crippen molar-refractivity contribution >= 4 is 12.3 Å². The van der Waals surface area contributed by atoms with Gasteiger partial charge >= 0.3 is 12.1 Å². The quantitative estimate of drug-likeness (QED) is 0.602. The van der Waals surface area contributed by atoms with Gasteiger partial charge in [0.15, 0.2) is 6.29 Å². The molecule has 1 saturated carbocycles. The number of halogens is 3. The topological polar surface area (TPSA) is 54.4 Å². The molecule has 0 aromatic heterocycles. The number of allylic oxidation sites excluding steroid dienone is 2. The van der Waals surface area contributed by atoms with Gasteiger partial charge in [-0.15, -0.1) is 0 Å². The van der Waals surface area contributed by atoms with Gasteiger partial charge < -0.3 is 5.11 Å². The van der Waals surface area contributed by atoms with E-state index in [1.807, 2.05) is 0 Å². The van der Waals surface area contributed by atoms with Crippen LogP contribution in [-0.2, 0) is 9.59 Å². The van der Waals surface area contributed by atoms with Crippen molar-refractivity contribution in [2.24, 2.45) is 17.3 Å². The van der Waals surface area contributed by atoms with Gasteiger partial charge in [0, 0.05) is 0 Å². The van der Waals surface area contributed by atoms with Gasteiger partial charge in [0.25, 0.3) is 0 Å². The molecule has 0 bridgehead atoms. The highest BCUT2D eigenvalue weighted by Gasteiger charge is 2.61. The molecule has 0 saturated heterocycles. The SMILES string of the molecule is CC1(C)C(/C=C(\C=O)C(F)(F)F)C1C(=O)O. The monoisotopic (exact) mass is 236 g/mol. The number of rotatable bonds is 3. The minimum atomic E-state index is -4.72. The molecule has 0 radical (unpaired) electrons. The molecule has 16 heavy (non-hydrogen) atoms. The number of aliphatic carboxylic acids is 1. The van der Waals surface area contributed by atoms with E-state index < -0.39 is 35.0 Å². The first kappa shape index (κ1) is 12.7. The Morgan fingerprint density at radius 2 is 1.88 bits per heavy atom. The molecule has 90 valence electrons. The van der Waals surface area contributed by atoms with Crippen LogP contribution in [0.4, 0.5) is 13.2 Å². The maximum Gasteiger partial charge on any atom is 0.419 e. The molecule has 3 nitrogen and oxygen atoms in total. The van der Waals surface area contributed by atoms with Crippen molar-refractivity contribution < 1.29 is 27.9 Å². The Hall–Kier alpha value is -1.33. The lowest BCUT2D eigenvalue weighted by molar-refractivity contribution is -0.139. The number of hydrogen-bond acceptors (Lipinski definition) is 2. The van der Waals surface area contributed by atoms with E-state index in [9.17, 15) is 22.8 Å². The summed E-state index contributed by atoms with van der Waals surface area (Å²) in [5.74, 6) is -2.74. The largest absolute Gasteiger partial charge is 0.481 e. The first-order chi connectivity index (χ1) is 7.12. The second kappa shape index (κ2) is 3.61. The van der Waals surface area contributed by atoms with Gasteiger partial charge in [-0.1, -0.05) is 19.9 Å². The van der Waals surface area contributed by atoms with Crippen LogP contribution in [0.3, 0.4) is 0 Å². The molecule has 0 aliphatic heterocycles. The lowest BCUT2D eigenvalue weighted by Crippen LogP contribution is -2.13. The first-order valence-electron chi connectivity index (χ1n) is 4.59. The zero-order valence-electron chi connectivity index (χ0n) is 8.71. The standard InChI is InChI=1S/C10H11F3O3/c1-9(2)6(7(9)8(15)16)3-5(4-14)10(11,12)13/h3-4,6-7H,1-2H3,(H,15,16)/b5-3+. The van der Waals surface area contributed by atoms with E-state index in [1.165, 1.54) is 0 Å². The highest BCUT2D eigenvalue weighted by Crippen LogP contribution is 2.59. The predicted octanol–water partition coefficient (Wildman–Crippen LogP) is 2.03. The lowest BCUT2D eigenvalue weighted by atomic mass is 10.1. The number of alkyl halides is 3. The summed E-state index contributed by atoms with van der Waals surface area (Å²) in [5.41, 5.74) is -2.04. The van der Waals surface area contributed by atoms with Crippen molar-refractivity contribution in [3.05, 3.63) is 11.6 Å². The van der Waals surface area contributed by atoms with Crippen molar-refractivity contribution in [3.8, 4) is 0 Å². The lowest BCUT2D eigenvalue weighted by Gasteiger charge is -2.05. The molecule has 1 aliphatic rings. The van der Waals surface area contributed by atoms with Crippen LogP contribution in [0.25, 0.3) is 0 Å². The Kier molecular flexibility index (Phi) is 2.87. The van der Waals surface area contributed by atoms with Crippen LogP contribution in [0.15, 0.2) is 11.6 Å². The van der Waals surface area contributed by atoms with E-state index in [2.05, 4.69) is 0 Å². The van der Waals surface area contributed by atoms with E-state index >= 15 is 0 Å². The normalized spacial score (nSPS) is 28.7. The minimum absolute atomic E-state index is 0.284. The molecule has 1 rings (SSSR count). The van der Waals surface area contributed by atoms with Crippen molar-refractivity contribution in [3.63, 3.8) is 0 Å². The summed E-state index contributed by atoms with van der Waals surface area (Å²) in [6.07, 6.45) is -4.29. The zero-order valence-corrected chi connectivity index (χ0v) is 8.71. The highest BCUT2D eigenvalue weighted by molar-refractivity contribution is 5.79. The maximum absolute atomic E-state index is 12.2. The fraction of sp³-hybridized carbons (Fsp3) is 0.600. The van der Waals surface area contributed by atoms with Gasteiger partial charge in [0.05, 0.1) is 11.5 Å². The molecular weight excluding hydrogens is 225 g/mol. The second-order valence-corrected chi connectivity index (χ2v) is 4.40. The number of carbonyl (C=O) groups excluding carboxylic acids is 1. The molecule has 2 atom stereocenters. The molecule has 0 spiro atoms. The van der Waals surface area contributed by atoms with Gasteiger partial charge in [0.2, 0.25) is 0 Å². The molecular formula is C10H11F3O3. The van der Waals surface area contributed by atoms with Gasteiger partial charge in [0.1, 0.15) is 0 Å². The van der Waals surface area contributed by atoms with E-state index in [-0.39, 0.29) is 6.29 Å². The third-order valence-electron chi connectivity index (χ3n) is 2.99. The average Bonchev–Trinajstić information content (AvgIpc) is 2.61. The molecule has 6 heteroatoms. The van der Waals surface area contributed by atoms with Crippen LogP contribution in [0.5, 0.6) is 0 Å². The number of carboxylic acid groups (broad SMARTS) is 1. The summed E-state index contributed by atoms with van der Waals surface area (Å²) in [5, 5.41) is 8.75. The Labute approximate surface area is 89.9 Å². The molecule has 1 fully saturated rings. The molecule has 0 amide bonds. The van der Waals surface area contributed by atoms with E-state index in [4.69, 9.17) is 5.11 Å². The zero-order chi connectivity index (χ0) is 12.7. The van der Waals surface area contributed by atoms with Crippen LogP contribution in [-0.4, -0.2) is 23.5 Å². The molecule has 1 aliphatic carbocycles. The number of aldehydes is 1. The van der Waals surface area contributed by atoms with Gasteiger partial charge in [-0.25, -0.2) is 0 Å². The van der Waals surface area contributed by atoms with Gasteiger partial charge in [-0.3, -0.25) is 9.59 Å². The fourth-order valence-electron chi connectivity index (χ4n) is 1.85. The predicted molar refractivity (Wildman–Crippen MR) is 48.6 cm³/mol. The molecule has 1 N–H and O–H groups in total. The molecule has 0 aromatic rings. The van der Waals surface area contributed by atoms with E-state index in [0.717, 1.165) is 0 Å². The number of hydrogen-bond donors (Lipinski definition) is 1. The van der Waals surface area contributed by atoms with Crippen molar-refractivity contribution in [2.75, 3.05) is 0 Å². The Morgan fingerprint density at radius 1 is 1.38 bits per heavy atom. The molecule has 0 aromatic carbocycles. The average molecular weight is 236 g/mol.